The maximum atomic E-state index is 12.5. The molecule has 2 aromatic rings. The number of carbonyl (C=O) groups is 1. The van der Waals surface area contributed by atoms with Gasteiger partial charge in [-0.15, -0.1) is 0 Å². The quantitative estimate of drug-likeness (QED) is 0.742. The van der Waals surface area contributed by atoms with Crippen molar-refractivity contribution >= 4 is 22.9 Å². The number of nitrogens with one attached hydrogen (secondary N) is 1. The van der Waals surface area contributed by atoms with E-state index in [2.05, 4.69) is 15.1 Å². The molecule has 0 aliphatic carbocycles. The van der Waals surface area contributed by atoms with Crippen molar-refractivity contribution in [1.29, 1.82) is 0 Å². The van der Waals surface area contributed by atoms with Gasteiger partial charge in [0, 0.05) is 31.0 Å². The van der Waals surface area contributed by atoms with Crippen LogP contribution in [0.25, 0.3) is 11.1 Å². The Kier molecular flexibility index (Phi) is 5.32. The summed E-state index contributed by atoms with van der Waals surface area (Å²) in [4.78, 5) is 50.5. The van der Waals surface area contributed by atoms with E-state index < -0.39 is 16.8 Å². The molecular weight excluding hydrogens is 404 g/mol. The van der Waals surface area contributed by atoms with Crippen LogP contribution >= 0.6 is 0 Å². The topological polar surface area (TPSA) is 127 Å². The molecule has 10 nitrogen and oxygen atoms in total. The molecule has 2 atom stereocenters. The van der Waals surface area contributed by atoms with Gasteiger partial charge in [-0.05, 0) is 45.6 Å². The largest absolute Gasteiger partial charge is 0.444 e. The summed E-state index contributed by atoms with van der Waals surface area (Å²) in [5.41, 5.74) is -0.328. The zero-order valence-electron chi connectivity index (χ0n) is 18.1. The number of piperidine rings is 1. The molecule has 4 rings (SSSR count). The zero-order valence-corrected chi connectivity index (χ0v) is 18.1. The number of rotatable bonds is 3. The molecule has 166 valence electrons. The van der Waals surface area contributed by atoms with Crippen molar-refractivity contribution in [3.63, 3.8) is 0 Å². The van der Waals surface area contributed by atoms with Crippen molar-refractivity contribution in [1.82, 2.24) is 14.9 Å². The smallest absolute Gasteiger partial charge is 0.410 e. The lowest BCUT2D eigenvalue weighted by Gasteiger charge is -2.36. The molecule has 2 fully saturated rings. The van der Waals surface area contributed by atoms with Crippen LogP contribution in [0.4, 0.5) is 4.79 Å². The first-order valence-electron chi connectivity index (χ1n) is 10.5. The van der Waals surface area contributed by atoms with Crippen molar-refractivity contribution < 1.29 is 18.8 Å². The molecule has 1 amide bonds. The van der Waals surface area contributed by atoms with Crippen LogP contribution in [0.5, 0.6) is 6.01 Å². The van der Waals surface area contributed by atoms with Crippen LogP contribution in [0, 0.1) is 0 Å². The zero-order chi connectivity index (χ0) is 22.3. The van der Waals surface area contributed by atoms with Gasteiger partial charge in [-0.1, -0.05) is 12.1 Å². The number of oxime groups is 1. The van der Waals surface area contributed by atoms with Gasteiger partial charge < -0.3 is 18.9 Å². The average molecular weight is 430 g/mol. The number of nitrogens with zero attached hydrogens (tertiary/aromatic N) is 3. The Morgan fingerprint density at radius 1 is 1.29 bits per heavy atom. The van der Waals surface area contributed by atoms with Crippen LogP contribution < -0.4 is 16.0 Å². The highest BCUT2D eigenvalue weighted by Gasteiger charge is 2.44. The number of H-pyrrole nitrogens is 1. The second kappa shape index (κ2) is 7.82. The van der Waals surface area contributed by atoms with E-state index in [-0.39, 0.29) is 35.3 Å². The van der Waals surface area contributed by atoms with E-state index in [1.165, 1.54) is 6.07 Å². The molecule has 2 unspecified atom stereocenters. The van der Waals surface area contributed by atoms with Gasteiger partial charge >= 0.3 is 17.7 Å². The molecule has 0 aromatic carbocycles. The first-order chi connectivity index (χ1) is 14.6. The molecule has 2 aromatic heterocycles. The molecule has 0 radical (unpaired) electrons. The summed E-state index contributed by atoms with van der Waals surface area (Å²) in [5.74, 6) is 0. The second-order valence-corrected chi connectivity index (χ2v) is 8.93. The van der Waals surface area contributed by atoms with Crippen molar-refractivity contribution in [3.05, 3.63) is 32.4 Å². The van der Waals surface area contributed by atoms with Gasteiger partial charge in [-0.3, -0.25) is 9.78 Å². The standard InChI is InChI=1S/C21H26N4O6/c1-5-11-8-15(26)29-18-16(11)17(27)22-19(23-18)31-24-12-9-13-6-7-14(10-12)25(13)20(28)30-21(2,3)4/h8,13-14H,5-7,9-10H2,1-4H3,(H,22,23,27). The molecule has 10 heteroatoms. The lowest BCUT2D eigenvalue weighted by Crippen LogP contribution is -2.48. The monoisotopic (exact) mass is 430 g/mol. The second-order valence-electron chi connectivity index (χ2n) is 8.93. The third-order valence-electron chi connectivity index (χ3n) is 5.48. The molecule has 0 spiro atoms. The van der Waals surface area contributed by atoms with Crippen molar-refractivity contribution in [2.24, 2.45) is 5.16 Å². The van der Waals surface area contributed by atoms with Crippen LogP contribution in [-0.4, -0.2) is 44.4 Å². The Morgan fingerprint density at radius 2 is 1.97 bits per heavy atom. The van der Waals surface area contributed by atoms with Crippen molar-refractivity contribution in [2.45, 2.75) is 77.5 Å². The molecular formula is C21H26N4O6. The number of hydrogen-bond acceptors (Lipinski definition) is 8. The molecule has 1 N–H and O–H groups in total. The fraction of sp³-hybridized carbons (Fsp3) is 0.571. The third kappa shape index (κ3) is 4.33. The Labute approximate surface area is 178 Å². The summed E-state index contributed by atoms with van der Waals surface area (Å²) in [5, 5.41) is 4.39. The summed E-state index contributed by atoms with van der Waals surface area (Å²) in [6, 6.07) is 1.14. The molecule has 2 aliphatic heterocycles. The van der Waals surface area contributed by atoms with Gasteiger partial charge in [0.1, 0.15) is 11.0 Å². The summed E-state index contributed by atoms with van der Waals surface area (Å²) in [6.45, 7) is 7.38. The number of aryl methyl sites for hydroxylation is 1. The minimum absolute atomic E-state index is 0.00435. The number of fused-ring (bicyclic) bond motifs is 3. The number of ether oxygens (including phenoxy) is 1. The van der Waals surface area contributed by atoms with E-state index in [4.69, 9.17) is 14.0 Å². The number of hydrogen-bond donors (Lipinski definition) is 1. The van der Waals surface area contributed by atoms with Crippen molar-refractivity contribution in [2.75, 3.05) is 0 Å². The highest BCUT2D eigenvalue weighted by molar-refractivity contribution is 5.88. The number of aromatic amines is 1. The summed E-state index contributed by atoms with van der Waals surface area (Å²) in [6.07, 6.45) is 3.05. The molecule has 0 saturated carbocycles. The van der Waals surface area contributed by atoms with Crippen LogP contribution in [0.1, 0.15) is 58.9 Å². The van der Waals surface area contributed by atoms with E-state index >= 15 is 0 Å². The third-order valence-corrected chi connectivity index (χ3v) is 5.48. The molecule has 2 saturated heterocycles. The Hall–Kier alpha value is -3.17. The fourth-order valence-electron chi connectivity index (χ4n) is 4.24. The van der Waals surface area contributed by atoms with Gasteiger partial charge in [-0.2, -0.15) is 4.98 Å². The van der Waals surface area contributed by atoms with Gasteiger partial charge in [0.15, 0.2) is 0 Å². The summed E-state index contributed by atoms with van der Waals surface area (Å²) >= 11 is 0. The number of carbonyl (C=O) groups excluding carboxylic acids is 1. The molecule has 2 aliphatic rings. The summed E-state index contributed by atoms with van der Waals surface area (Å²) < 4.78 is 10.6. The number of amides is 1. The van der Waals surface area contributed by atoms with E-state index in [1.807, 2.05) is 27.7 Å². The van der Waals surface area contributed by atoms with Crippen molar-refractivity contribution in [3.8, 4) is 6.01 Å². The van der Waals surface area contributed by atoms with Crippen LogP contribution in [-0.2, 0) is 11.2 Å². The highest BCUT2D eigenvalue weighted by Crippen LogP contribution is 2.35. The highest BCUT2D eigenvalue weighted by atomic mass is 16.6. The van der Waals surface area contributed by atoms with Gasteiger partial charge in [0.2, 0.25) is 5.71 Å². The average Bonchev–Trinajstić information content (AvgIpc) is 2.94. The van der Waals surface area contributed by atoms with E-state index in [1.54, 1.807) is 4.90 Å². The number of aromatic nitrogens is 2. The predicted molar refractivity (Wildman–Crippen MR) is 112 cm³/mol. The molecule has 2 bridgehead atoms. The van der Waals surface area contributed by atoms with Gasteiger partial charge in [0.05, 0.1) is 5.71 Å². The van der Waals surface area contributed by atoms with E-state index in [0.717, 1.165) is 18.6 Å². The Bertz CT molecular complexity index is 1140. The first kappa shape index (κ1) is 21.1. The minimum Gasteiger partial charge on any atom is -0.444 e. The predicted octanol–water partition coefficient (Wildman–Crippen LogP) is 2.74. The normalized spacial score (nSPS) is 20.8. The first-order valence-corrected chi connectivity index (χ1v) is 10.5. The van der Waals surface area contributed by atoms with E-state index in [0.29, 0.717) is 24.8 Å². The lowest BCUT2D eigenvalue weighted by atomic mass is 10.0. The maximum Gasteiger partial charge on any atom is 0.410 e. The van der Waals surface area contributed by atoms with Gasteiger partial charge in [-0.25, -0.2) is 9.59 Å². The fourth-order valence-corrected chi connectivity index (χ4v) is 4.24. The minimum atomic E-state index is -0.578. The Balaban J connectivity index is 1.52. The lowest BCUT2D eigenvalue weighted by molar-refractivity contribution is 0.0136. The molecule has 4 heterocycles. The van der Waals surface area contributed by atoms with E-state index in [9.17, 15) is 14.4 Å². The van der Waals surface area contributed by atoms with Crippen LogP contribution in [0.15, 0.2) is 25.2 Å². The van der Waals surface area contributed by atoms with Crippen LogP contribution in [0.3, 0.4) is 0 Å². The summed E-state index contributed by atoms with van der Waals surface area (Å²) in [7, 11) is 0. The van der Waals surface area contributed by atoms with Gasteiger partial charge in [0.25, 0.3) is 5.56 Å². The van der Waals surface area contributed by atoms with Crippen LogP contribution in [0.2, 0.25) is 0 Å². The maximum absolute atomic E-state index is 12.5. The SMILES string of the molecule is CCc1cc(=O)oc2nc(ON=C3CC4CCC(C3)N4C(=O)OC(C)(C)C)[nH]c(=O)c12. The Morgan fingerprint density at radius 3 is 2.58 bits per heavy atom. The molecule has 31 heavy (non-hydrogen) atoms.